The average Bonchev–Trinajstić information content (AvgIpc) is 2.07. The van der Waals surface area contributed by atoms with Crippen LogP contribution in [0.1, 0.15) is 38.2 Å². The van der Waals surface area contributed by atoms with Crippen molar-refractivity contribution in [2.24, 2.45) is 7.05 Å². The van der Waals surface area contributed by atoms with Crippen molar-refractivity contribution in [3.05, 3.63) is 30.1 Å². The van der Waals surface area contributed by atoms with Crippen LogP contribution in [0.25, 0.3) is 0 Å². The average molecular weight is 164 g/mol. The van der Waals surface area contributed by atoms with Gasteiger partial charge in [-0.1, -0.05) is 13.8 Å². The van der Waals surface area contributed by atoms with E-state index in [0.29, 0.717) is 0 Å². The van der Waals surface area contributed by atoms with Crippen LogP contribution in [0.4, 0.5) is 0 Å². The Morgan fingerprint density at radius 2 is 2.00 bits per heavy atom. The Morgan fingerprint density at radius 1 is 1.33 bits per heavy atom. The van der Waals surface area contributed by atoms with E-state index in [1.54, 1.807) is 0 Å². The van der Waals surface area contributed by atoms with Crippen LogP contribution in [0.3, 0.4) is 0 Å². The molecule has 1 nitrogen and oxygen atoms in total. The summed E-state index contributed by atoms with van der Waals surface area (Å²) in [4.78, 5) is 0. The molecule has 0 aliphatic heterocycles. The normalized spacial score (nSPS) is 10.7. The Kier molecular flexibility index (Phi) is 3.27. The van der Waals surface area contributed by atoms with Gasteiger partial charge < -0.3 is 0 Å². The molecule has 0 saturated carbocycles. The minimum atomic E-state index is 0.734. The van der Waals surface area contributed by atoms with Crippen molar-refractivity contribution in [1.82, 2.24) is 0 Å². The number of pyridine rings is 1. The second kappa shape index (κ2) is 4.24. The smallest absolute Gasteiger partial charge is 0.171 e. The Hall–Kier alpha value is -0.850. The number of aryl methyl sites for hydroxylation is 1. The summed E-state index contributed by atoms with van der Waals surface area (Å²) in [5, 5.41) is 0. The Balaban J connectivity index is 2.85. The van der Waals surface area contributed by atoms with E-state index >= 15 is 0 Å². The zero-order valence-corrected chi connectivity index (χ0v) is 8.25. The number of aromatic nitrogens is 1. The van der Waals surface area contributed by atoms with Crippen LogP contribution in [-0.2, 0) is 7.05 Å². The molecular weight excluding hydrogens is 146 g/mol. The van der Waals surface area contributed by atoms with Crippen molar-refractivity contribution in [2.75, 3.05) is 0 Å². The van der Waals surface area contributed by atoms with E-state index < -0.39 is 0 Å². The summed E-state index contributed by atoms with van der Waals surface area (Å²) in [6.07, 6.45) is 6.77. The lowest BCUT2D eigenvalue weighted by molar-refractivity contribution is -0.672. The maximum absolute atomic E-state index is 2.25. The summed E-state index contributed by atoms with van der Waals surface area (Å²) < 4.78 is 2.12. The summed E-state index contributed by atoms with van der Waals surface area (Å²) in [7, 11) is 2.08. The van der Waals surface area contributed by atoms with Crippen molar-refractivity contribution >= 4 is 0 Å². The molecule has 1 aromatic rings. The Bertz CT molecular complexity index is 239. The Morgan fingerprint density at radius 3 is 2.50 bits per heavy atom. The molecule has 0 radical (unpaired) electrons. The first-order chi connectivity index (χ1) is 5.77. The van der Waals surface area contributed by atoms with Crippen molar-refractivity contribution < 1.29 is 4.57 Å². The molecule has 1 heterocycles. The molecule has 0 spiro atoms. The highest BCUT2D eigenvalue weighted by Gasteiger charge is 2.08. The van der Waals surface area contributed by atoms with E-state index in [1.807, 2.05) is 0 Å². The minimum Gasteiger partial charge on any atom is -0.208 e. The third kappa shape index (κ3) is 2.07. The van der Waals surface area contributed by atoms with Gasteiger partial charge in [-0.25, -0.2) is 4.57 Å². The summed E-state index contributed by atoms with van der Waals surface area (Å²) in [6, 6.07) is 4.34. The molecule has 0 atom stereocenters. The SMILES string of the molecule is CCC(CC)c1ccc[n+](C)c1. The first kappa shape index (κ1) is 9.24. The molecule has 1 aromatic heterocycles. The summed E-state index contributed by atoms with van der Waals surface area (Å²) in [5.41, 5.74) is 1.46. The standard InChI is InChI=1S/C11H18N/c1-4-10(5-2)11-7-6-8-12(3)9-11/h6-10H,4-5H2,1-3H3/q+1. The van der Waals surface area contributed by atoms with Gasteiger partial charge in [-0.3, -0.25) is 0 Å². The van der Waals surface area contributed by atoms with Gasteiger partial charge in [0.05, 0.1) is 0 Å². The fraction of sp³-hybridized carbons (Fsp3) is 0.545. The van der Waals surface area contributed by atoms with Crippen molar-refractivity contribution in [2.45, 2.75) is 32.6 Å². The highest BCUT2D eigenvalue weighted by Crippen LogP contribution is 2.20. The predicted molar refractivity (Wildman–Crippen MR) is 50.9 cm³/mol. The molecular formula is C11H18N+. The molecule has 0 N–H and O–H groups in total. The van der Waals surface area contributed by atoms with Gasteiger partial charge in [-0.2, -0.15) is 0 Å². The fourth-order valence-electron chi connectivity index (χ4n) is 1.61. The molecule has 0 aliphatic carbocycles. The number of hydrogen-bond acceptors (Lipinski definition) is 0. The van der Waals surface area contributed by atoms with E-state index in [1.165, 1.54) is 18.4 Å². The fourth-order valence-corrected chi connectivity index (χ4v) is 1.61. The number of hydrogen-bond donors (Lipinski definition) is 0. The first-order valence-corrected chi connectivity index (χ1v) is 4.73. The quantitative estimate of drug-likeness (QED) is 0.604. The van der Waals surface area contributed by atoms with Gasteiger partial charge in [0.25, 0.3) is 0 Å². The van der Waals surface area contributed by atoms with Gasteiger partial charge >= 0.3 is 0 Å². The molecule has 0 amide bonds. The van der Waals surface area contributed by atoms with E-state index in [2.05, 4.69) is 50.0 Å². The van der Waals surface area contributed by atoms with Crippen molar-refractivity contribution in [3.8, 4) is 0 Å². The lowest BCUT2D eigenvalue weighted by Crippen LogP contribution is -2.27. The highest BCUT2D eigenvalue weighted by molar-refractivity contribution is 5.11. The molecule has 0 aromatic carbocycles. The van der Waals surface area contributed by atoms with E-state index in [-0.39, 0.29) is 0 Å². The van der Waals surface area contributed by atoms with E-state index in [9.17, 15) is 0 Å². The molecule has 66 valence electrons. The second-order valence-electron chi connectivity index (χ2n) is 3.32. The first-order valence-electron chi connectivity index (χ1n) is 4.73. The van der Waals surface area contributed by atoms with Gasteiger partial charge in [0.2, 0.25) is 0 Å². The molecule has 0 fully saturated rings. The van der Waals surface area contributed by atoms with Gasteiger partial charge in [-0.15, -0.1) is 0 Å². The summed E-state index contributed by atoms with van der Waals surface area (Å²) in [6.45, 7) is 4.50. The van der Waals surface area contributed by atoms with E-state index in [0.717, 1.165) is 5.92 Å². The van der Waals surface area contributed by atoms with Crippen LogP contribution in [0, 0.1) is 0 Å². The molecule has 0 bridgehead atoms. The zero-order chi connectivity index (χ0) is 8.97. The van der Waals surface area contributed by atoms with Crippen molar-refractivity contribution in [1.29, 1.82) is 0 Å². The largest absolute Gasteiger partial charge is 0.208 e. The van der Waals surface area contributed by atoms with Crippen LogP contribution in [0.15, 0.2) is 24.5 Å². The third-order valence-electron chi connectivity index (χ3n) is 2.42. The summed E-state index contributed by atoms with van der Waals surface area (Å²) in [5.74, 6) is 0.734. The van der Waals surface area contributed by atoms with Crippen molar-refractivity contribution in [3.63, 3.8) is 0 Å². The monoisotopic (exact) mass is 164 g/mol. The van der Waals surface area contributed by atoms with Gasteiger partial charge in [0.1, 0.15) is 7.05 Å². The number of rotatable bonds is 3. The topological polar surface area (TPSA) is 3.88 Å². The maximum Gasteiger partial charge on any atom is 0.171 e. The van der Waals surface area contributed by atoms with Crippen LogP contribution >= 0.6 is 0 Å². The Labute approximate surface area is 75.1 Å². The molecule has 1 heteroatoms. The maximum atomic E-state index is 2.25. The van der Waals surface area contributed by atoms with Crippen LogP contribution in [0.2, 0.25) is 0 Å². The zero-order valence-electron chi connectivity index (χ0n) is 8.25. The second-order valence-corrected chi connectivity index (χ2v) is 3.32. The van der Waals surface area contributed by atoms with Gasteiger partial charge in [0, 0.05) is 11.6 Å². The predicted octanol–water partition coefficient (Wildman–Crippen LogP) is 2.41. The van der Waals surface area contributed by atoms with Gasteiger partial charge in [-0.05, 0) is 24.8 Å². The lowest BCUT2D eigenvalue weighted by atomic mass is 9.96. The molecule has 0 saturated heterocycles. The highest BCUT2D eigenvalue weighted by atomic mass is 14.9. The minimum absolute atomic E-state index is 0.734. The third-order valence-corrected chi connectivity index (χ3v) is 2.42. The van der Waals surface area contributed by atoms with Crippen LogP contribution < -0.4 is 4.57 Å². The molecule has 1 rings (SSSR count). The van der Waals surface area contributed by atoms with Crippen LogP contribution in [-0.4, -0.2) is 0 Å². The summed E-state index contributed by atoms with van der Waals surface area (Å²) >= 11 is 0. The molecule has 12 heavy (non-hydrogen) atoms. The molecule has 0 unspecified atom stereocenters. The van der Waals surface area contributed by atoms with Gasteiger partial charge in [0.15, 0.2) is 12.4 Å². The molecule has 0 aliphatic rings. The van der Waals surface area contributed by atoms with E-state index in [4.69, 9.17) is 0 Å². The van der Waals surface area contributed by atoms with Crippen LogP contribution in [0.5, 0.6) is 0 Å². The number of nitrogens with zero attached hydrogens (tertiary/aromatic N) is 1. The lowest BCUT2D eigenvalue weighted by Gasteiger charge is -2.09.